The number of carbonyl (C=O) groups is 2. The summed E-state index contributed by atoms with van der Waals surface area (Å²) in [6, 6.07) is 0. The van der Waals surface area contributed by atoms with Gasteiger partial charge in [0, 0.05) is 13.0 Å². The number of carbonyl (C=O) groups excluding carboxylic acids is 1. The number of carboxylic acids is 1. The van der Waals surface area contributed by atoms with Gasteiger partial charge in [0.25, 0.3) is 0 Å². The van der Waals surface area contributed by atoms with Gasteiger partial charge in [-0.05, 0) is 104 Å². The van der Waals surface area contributed by atoms with Gasteiger partial charge in [0.2, 0.25) is 0 Å². The fraction of sp³-hybridized carbons (Fsp3) is 0.875. The van der Waals surface area contributed by atoms with Gasteiger partial charge < -0.3 is 14.9 Å². The zero-order valence-corrected chi connectivity index (χ0v) is 24.1. The lowest BCUT2D eigenvalue weighted by atomic mass is 9.47. The second-order valence-electron chi connectivity index (χ2n) is 14.6. The molecule has 3 fully saturated rings. The minimum Gasteiger partial charge on any atom is -0.481 e. The molecule has 0 spiro atoms. The first-order chi connectivity index (χ1) is 17.4. The van der Waals surface area contributed by atoms with Crippen molar-refractivity contribution in [2.24, 2.45) is 45.8 Å². The maximum atomic E-state index is 12.1. The van der Waals surface area contributed by atoms with Gasteiger partial charge in [-0.3, -0.25) is 9.59 Å². The van der Waals surface area contributed by atoms with Crippen LogP contribution in [0.2, 0.25) is 0 Å². The molecule has 0 bridgehead atoms. The van der Waals surface area contributed by atoms with Crippen molar-refractivity contribution in [3.8, 4) is 0 Å². The van der Waals surface area contributed by atoms with E-state index in [0.717, 1.165) is 43.9 Å². The molecule has 0 amide bonds. The van der Waals surface area contributed by atoms with E-state index in [4.69, 9.17) is 9.84 Å². The number of allylic oxidation sites excluding steroid dienone is 1. The van der Waals surface area contributed by atoms with Crippen LogP contribution in [0.3, 0.4) is 0 Å². The highest BCUT2D eigenvalue weighted by atomic mass is 16.5. The molecule has 5 heteroatoms. The van der Waals surface area contributed by atoms with E-state index in [-0.39, 0.29) is 30.3 Å². The number of aliphatic hydroxyl groups excluding tert-OH is 1. The molecule has 2 N–H and O–H groups in total. The molecule has 1 unspecified atom stereocenters. The minimum absolute atomic E-state index is 0.0423. The Morgan fingerprint density at radius 1 is 1.08 bits per heavy atom. The van der Waals surface area contributed by atoms with Crippen molar-refractivity contribution in [1.82, 2.24) is 0 Å². The third-order valence-electron chi connectivity index (χ3n) is 11.3. The highest BCUT2D eigenvalue weighted by molar-refractivity contribution is 5.76. The summed E-state index contributed by atoms with van der Waals surface area (Å²) < 4.78 is 5.70. The molecular formula is C32H52O5. The second-order valence-corrected chi connectivity index (χ2v) is 14.6. The van der Waals surface area contributed by atoms with Crippen LogP contribution in [-0.4, -0.2) is 34.9 Å². The van der Waals surface area contributed by atoms with Gasteiger partial charge in [0.05, 0.1) is 12.8 Å². The maximum absolute atomic E-state index is 12.1. The number of aliphatic carboxylic acids is 1. The fourth-order valence-corrected chi connectivity index (χ4v) is 9.31. The number of carboxylic acid groups (broad SMARTS) is 1. The van der Waals surface area contributed by atoms with E-state index < -0.39 is 5.97 Å². The van der Waals surface area contributed by atoms with E-state index in [0.29, 0.717) is 35.2 Å². The van der Waals surface area contributed by atoms with Gasteiger partial charge in [-0.1, -0.05) is 52.7 Å². The fourth-order valence-electron chi connectivity index (χ4n) is 9.31. The molecule has 0 aromatic rings. The molecule has 0 aliphatic heterocycles. The minimum atomic E-state index is -0.956. The van der Waals surface area contributed by atoms with Crippen LogP contribution in [0.25, 0.3) is 0 Å². The zero-order chi connectivity index (χ0) is 27.0. The predicted octanol–water partition coefficient (Wildman–Crippen LogP) is 7.17. The van der Waals surface area contributed by atoms with Crippen LogP contribution in [-0.2, 0) is 14.3 Å². The summed E-state index contributed by atoms with van der Waals surface area (Å²) in [6.07, 6.45) is 14.8. The molecule has 0 saturated heterocycles. The Balaban J connectivity index is 1.42. The smallest absolute Gasteiger partial charge is 0.306 e. The average Bonchev–Trinajstić information content (AvgIpc) is 3.17. The first-order valence-electron chi connectivity index (χ1n) is 15.1. The van der Waals surface area contributed by atoms with E-state index in [9.17, 15) is 14.7 Å². The topological polar surface area (TPSA) is 83.8 Å². The number of aliphatic hydroxyl groups is 1. The maximum Gasteiger partial charge on any atom is 0.306 e. The molecule has 4 rings (SSSR count). The third-order valence-corrected chi connectivity index (χ3v) is 11.3. The molecule has 4 aliphatic rings. The summed E-state index contributed by atoms with van der Waals surface area (Å²) >= 11 is 0. The van der Waals surface area contributed by atoms with Crippen LogP contribution in [0, 0.1) is 45.8 Å². The molecule has 3 saturated carbocycles. The van der Waals surface area contributed by atoms with Gasteiger partial charge in [0.1, 0.15) is 6.10 Å². The van der Waals surface area contributed by atoms with E-state index in [1.807, 2.05) is 0 Å². The summed E-state index contributed by atoms with van der Waals surface area (Å²) in [5, 5.41) is 19.3. The lowest BCUT2D eigenvalue weighted by molar-refractivity contribution is -0.154. The summed E-state index contributed by atoms with van der Waals surface area (Å²) in [5.74, 6) is 1.91. The largest absolute Gasteiger partial charge is 0.481 e. The molecule has 5 nitrogen and oxygen atoms in total. The first-order valence-corrected chi connectivity index (χ1v) is 15.1. The first kappa shape index (κ1) is 28.6. The Kier molecular flexibility index (Phi) is 8.53. The van der Waals surface area contributed by atoms with Crippen molar-refractivity contribution in [1.29, 1.82) is 0 Å². The predicted molar refractivity (Wildman–Crippen MR) is 146 cm³/mol. The normalized spacial score (nSPS) is 38.1. The Bertz CT molecular complexity index is 871. The van der Waals surface area contributed by atoms with Crippen molar-refractivity contribution < 1.29 is 24.5 Å². The zero-order valence-electron chi connectivity index (χ0n) is 24.1. The number of fused-ring (bicyclic) bond motifs is 5. The molecule has 4 aliphatic carbocycles. The third kappa shape index (κ3) is 5.97. The summed E-state index contributed by atoms with van der Waals surface area (Å²) in [7, 11) is 0. The molecule has 8 atom stereocenters. The molecule has 210 valence electrons. The standard InChI is InChI=1S/C32H52O5/c1-30(2,3)16-6-7-21(20-33)25-10-11-26-24-9-8-22-19-23(37-29(36)13-12-28(34)35)14-17-31(22,4)27(24)15-18-32(25,26)5/h8,21,23-27,33H,6-7,9-20H2,1-5H3,(H,34,35)/t21-,23?,24-,25+,26-,27-,31-,32+/m0/s1. The van der Waals surface area contributed by atoms with Crippen molar-refractivity contribution >= 4 is 11.9 Å². The Hall–Kier alpha value is -1.36. The van der Waals surface area contributed by atoms with Crippen LogP contribution >= 0.6 is 0 Å². The summed E-state index contributed by atoms with van der Waals surface area (Å²) in [6.45, 7) is 12.3. The van der Waals surface area contributed by atoms with Crippen molar-refractivity contribution in [2.75, 3.05) is 6.61 Å². The molecule has 0 heterocycles. The SMILES string of the molecule is CC(C)(C)CCC[C@@H](CO)[C@H]1CC[C@H]2[C@@H]3CC=C4CC(OC(=O)CCC(=O)O)CC[C@]4(C)[C@H]3CC[C@]12C. The van der Waals surface area contributed by atoms with Gasteiger partial charge in [0.15, 0.2) is 0 Å². The Labute approximate surface area is 224 Å². The van der Waals surface area contributed by atoms with E-state index in [1.165, 1.54) is 44.1 Å². The van der Waals surface area contributed by atoms with Crippen LogP contribution in [0.15, 0.2) is 11.6 Å². The molecule has 0 radical (unpaired) electrons. The summed E-state index contributed by atoms with van der Waals surface area (Å²) in [4.78, 5) is 22.9. The lowest BCUT2D eigenvalue weighted by Gasteiger charge is -2.58. The highest BCUT2D eigenvalue weighted by Crippen LogP contribution is 2.67. The summed E-state index contributed by atoms with van der Waals surface area (Å²) in [5.41, 5.74) is 2.37. The Morgan fingerprint density at radius 2 is 1.84 bits per heavy atom. The number of rotatable bonds is 9. The molecule has 0 aromatic carbocycles. The Morgan fingerprint density at radius 3 is 2.51 bits per heavy atom. The van der Waals surface area contributed by atoms with Crippen LogP contribution in [0.1, 0.15) is 118 Å². The van der Waals surface area contributed by atoms with Crippen LogP contribution in [0.5, 0.6) is 0 Å². The highest BCUT2D eigenvalue weighted by Gasteiger charge is 2.59. The number of hydrogen-bond donors (Lipinski definition) is 2. The van der Waals surface area contributed by atoms with Crippen LogP contribution in [0.4, 0.5) is 0 Å². The monoisotopic (exact) mass is 516 g/mol. The quantitative estimate of drug-likeness (QED) is 0.251. The van der Waals surface area contributed by atoms with E-state index >= 15 is 0 Å². The van der Waals surface area contributed by atoms with Crippen molar-refractivity contribution in [2.45, 2.75) is 124 Å². The van der Waals surface area contributed by atoms with Gasteiger partial charge in [-0.25, -0.2) is 0 Å². The number of hydrogen-bond acceptors (Lipinski definition) is 4. The molecule has 37 heavy (non-hydrogen) atoms. The number of ether oxygens (including phenoxy) is 1. The van der Waals surface area contributed by atoms with Gasteiger partial charge in [-0.2, -0.15) is 0 Å². The van der Waals surface area contributed by atoms with Crippen LogP contribution < -0.4 is 0 Å². The average molecular weight is 517 g/mol. The van der Waals surface area contributed by atoms with Crippen molar-refractivity contribution in [3.63, 3.8) is 0 Å². The van der Waals surface area contributed by atoms with E-state index in [1.54, 1.807) is 0 Å². The van der Waals surface area contributed by atoms with Gasteiger partial charge >= 0.3 is 11.9 Å². The molecular weight excluding hydrogens is 464 g/mol. The number of esters is 1. The lowest BCUT2D eigenvalue weighted by Crippen LogP contribution is -2.51. The van der Waals surface area contributed by atoms with Gasteiger partial charge in [-0.15, -0.1) is 0 Å². The van der Waals surface area contributed by atoms with Crippen molar-refractivity contribution in [3.05, 3.63) is 11.6 Å². The molecule has 0 aromatic heterocycles. The second kappa shape index (κ2) is 11.0. The van der Waals surface area contributed by atoms with E-state index in [2.05, 4.69) is 40.7 Å².